The molecule has 1 heteroatoms. The van der Waals surface area contributed by atoms with Crippen LogP contribution in [0.3, 0.4) is 0 Å². The van der Waals surface area contributed by atoms with Crippen molar-refractivity contribution in [3.63, 3.8) is 0 Å². The molecule has 0 spiro atoms. The monoisotopic (exact) mass is 139 g/mol. The summed E-state index contributed by atoms with van der Waals surface area (Å²) in [6, 6.07) is 0. The lowest BCUT2D eigenvalue weighted by atomic mass is 10.2. The molecular formula is C9H17N. The van der Waals surface area contributed by atoms with Crippen LogP contribution in [0.1, 0.15) is 20.8 Å². The summed E-state index contributed by atoms with van der Waals surface area (Å²) < 4.78 is 0. The van der Waals surface area contributed by atoms with Crippen molar-refractivity contribution in [2.45, 2.75) is 20.8 Å². The fraction of sp³-hybridized carbons (Fsp3) is 0.778. The first-order valence-electron chi connectivity index (χ1n) is 4.02. The van der Waals surface area contributed by atoms with E-state index >= 15 is 0 Å². The third-order valence-electron chi connectivity index (χ3n) is 2.72. The van der Waals surface area contributed by atoms with Gasteiger partial charge in [0.2, 0.25) is 0 Å². The molecule has 0 aromatic carbocycles. The van der Waals surface area contributed by atoms with Crippen LogP contribution >= 0.6 is 0 Å². The predicted molar refractivity (Wildman–Crippen MR) is 44.6 cm³/mol. The fourth-order valence-electron chi connectivity index (χ4n) is 1.82. The van der Waals surface area contributed by atoms with E-state index < -0.39 is 0 Å². The van der Waals surface area contributed by atoms with Crippen LogP contribution in [0, 0.1) is 17.8 Å². The molecule has 0 aliphatic heterocycles. The number of hydrogen-bond donors (Lipinski definition) is 1. The van der Waals surface area contributed by atoms with Gasteiger partial charge in [0, 0.05) is 7.05 Å². The molecule has 0 saturated heterocycles. The minimum absolute atomic E-state index is 0.854. The Morgan fingerprint density at radius 2 is 1.80 bits per heavy atom. The van der Waals surface area contributed by atoms with Gasteiger partial charge in [-0.15, -0.1) is 0 Å². The van der Waals surface area contributed by atoms with Gasteiger partial charge in [0.15, 0.2) is 0 Å². The topological polar surface area (TPSA) is 12.0 Å². The lowest BCUT2D eigenvalue weighted by molar-refractivity contribution is 0.834. The molecule has 2 unspecified atom stereocenters. The molecule has 1 fully saturated rings. The van der Waals surface area contributed by atoms with E-state index in [1.54, 1.807) is 0 Å². The third-order valence-corrected chi connectivity index (χ3v) is 2.72. The van der Waals surface area contributed by atoms with E-state index in [-0.39, 0.29) is 0 Å². The largest absolute Gasteiger partial charge is 0.394 e. The molecule has 1 nitrogen and oxygen atoms in total. The second kappa shape index (κ2) is 2.65. The molecule has 10 heavy (non-hydrogen) atoms. The van der Waals surface area contributed by atoms with Gasteiger partial charge < -0.3 is 5.32 Å². The highest BCUT2D eigenvalue weighted by Gasteiger charge is 2.43. The average Bonchev–Trinajstić information content (AvgIpc) is 2.42. The maximum atomic E-state index is 3.07. The molecule has 0 aromatic rings. The maximum Gasteiger partial charge on any atom is 0.00276 e. The highest BCUT2D eigenvalue weighted by atomic mass is 14.8. The Bertz CT molecular complexity index is 141. The fourth-order valence-corrected chi connectivity index (χ4v) is 1.82. The molecular weight excluding hydrogens is 122 g/mol. The summed E-state index contributed by atoms with van der Waals surface area (Å²) in [5.41, 5.74) is 1.50. The molecule has 2 atom stereocenters. The van der Waals surface area contributed by atoms with Crippen LogP contribution in [-0.4, -0.2) is 7.05 Å². The Labute approximate surface area is 63.5 Å². The number of nitrogens with one attached hydrogen (secondary N) is 1. The summed E-state index contributed by atoms with van der Waals surface area (Å²) in [5.74, 6) is 2.67. The molecule has 0 radical (unpaired) electrons. The molecule has 0 amide bonds. The number of allylic oxidation sites excluding steroid dienone is 1. The quantitative estimate of drug-likeness (QED) is 0.617. The predicted octanol–water partition coefficient (Wildman–Crippen LogP) is 2.01. The van der Waals surface area contributed by atoms with E-state index in [0.29, 0.717) is 0 Å². The van der Waals surface area contributed by atoms with E-state index in [4.69, 9.17) is 0 Å². The summed E-state index contributed by atoms with van der Waals surface area (Å²) in [5, 5.41) is 3.07. The molecule has 1 N–H and O–H groups in total. The Hall–Kier alpha value is -0.460. The smallest absolute Gasteiger partial charge is 0.00276 e. The zero-order chi connectivity index (χ0) is 7.72. The number of hydrogen-bond acceptors (Lipinski definition) is 1. The van der Waals surface area contributed by atoms with E-state index in [9.17, 15) is 0 Å². The molecule has 0 aromatic heterocycles. The molecule has 1 rings (SSSR count). The van der Waals surface area contributed by atoms with Crippen molar-refractivity contribution < 1.29 is 0 Å². The summed E-state index contributed by atoms with van der Waals surface area (Å²) in [7, 11) is 1.96. The highest BCUT2D eigenvalue weighted by Crippen LogP contribution is 2.49. The van der Waals surface area contributed by atoms with Crippen molar-refractivity contribution in [3.8, 4) is 0 Å². The Balaban J connectivity index is 2.45. The summed E-state index contributed by atoms with van der Waals surface area (Å²) in [4.78, 5) is 0. The molecule has 1 saturated carbocycles. The van der Waals surface area contributed by atoms with Crippen molar-refractivity contribution in [2.75, 3.05) is 7.05 Å². The first kappa shape index (κ1) is 7.64. The van der Waals surface area contributed by atoms with E-state index in [1.165, 1.54) is 5.57 Å². The van der Waals surface area contributed by atoms with Crippen LogP contribution in [0.15, 0.2) is 11.8 Å². The number of rotatable bonds is 2. The lowest BCUT2D eigenvalue weighted by Gasteiger charge is -1.96. The maximum absolute atomic E-state index is 3.07. The van der Waals surface area contributed by atoms with E-state index in [0.717, 1.165) is 17.8 Å². The van der Waals surface area contributed by atoms with Gasteiger partial charge in [-0.25, -0.2) is 0 Å². The molecule has 58 valence electrons. The van der Waals surface area contributed by atoms with Gasteiger partial charge >= 0.3 is 0 Å². The molecule has 0 bridgehead atoms. The first-order chi connectivity index (χ1) is 4.68. The molecule has 1 aliphatic carbocycles. The summed E-state index contributed by atoms with van der Waals surface area (Å²) >= 11 is 0. The normalized spacial score (nSPS) is 39.6. The van der Waals surface area contributed by atoms with E-state index in [1.807, 2.05) is 7.05 Å². The van der Waals surface area contributed by atoms with Crippen molar-refractivity contribution in [1.29, 1.82) is 0 Å². The Kier molecular flexibility index (Phi) is 2.02. The standard InChI is InChI=1S/C9H17N/c1-6(5-10-4)9-7(2)8(9)3/h5,7-10H,1-4H3/b6-5+. The summed E-state index contributed by atoms with van der Waals surface area (Å²) in [6.07, 6.45) is 2.12. The van der Waals surface area contributed by atoms with Crippen LogP contribution in [-0.2, 0) is 0 Å². The second-order valence-electron chi connectivity index (χ2n) is 3.42. The average molecular weight is 139 g/mol. The van der Waals surface area contributed by atoms with Crippen LogP contribution < -0.4 is 5.32 Å². The summed E-state index contributed by atoms with van der Waals surface area (Å²) in [6.45, 7) is 6.85. The van der Waals surface area contributed by atoms with Gasteiger partial charge in [-0.3, -0.25) is 0 Å². The minimum Gasteiger partial charge on any atom is -0.394 e. The van der Waals surface area contributed by atoms with Crippen LogP contribution in [0.25, 0.3) is 0 Å². The van der Waals surface area contributed by atoms with Gasteiger partial charge in [0.1, 0.15) is 0 Å². The van der Waals surface area contributed by atoms with Crippen LogP contribution in [0.4, 0.5) is 0 Å². The van der Waals surface area contributed by atoms with Crippen molar-refractivity contribution in [3.05, 3.63) is 11.8 Å². The lowest BCUT2D eigenvalue weighted by Crippen LogP contribution is -1.96. The van der Waals surface area contributed by atoms with Crippen LogP contribution in [0.5, 0.6) is 0 Å². The molecule has 0 heterocycles. The van der Waals surface area contributed by atoms with Gasteiger partial charge in [-0.05, 0) is 30.9 Å². The van der Waals surface area contributed by atoms with Crippen molar-refractivity contribution >= 4 is 0 Å². The van der Waals surface area contributed by atoms with Crippen molar-refractivity contribution in [1.82, 2.24) is 5.32 Å². The third kappa shape index (κ3) is 1.18. The Morgan fingerprint density at radius 3 is 2.10 bits per heavy atom. The van der Waals surface area contributed by atoms with Gasteiger partial charge in [-0.1, -0.05) is 19.4 Å². The SMILES string of the molecule is CN/C=C(\C)C1C(C)C1C. The zero-order valence-corrected chi connectivity index (χ0v) is 7.31. The zero-order valence-electron chi connectivity index (χ0n) is 7.31. The van der Waals surface area contributed by atoms with Crippen LogP contribution in [0.2, 0.25) is 0 Å². The second-order valence-corrected chi connectivity index (χ2v) is 3.42. The van der Waals surface area contributed by atoms with Gasteiger partial charge in [0.05, 0.1) is 0 Å². The Morgan fingerprint density at radius 1 is 1.30 bits per heavy atom. The molecule has 1 aliphatic rings. The highest BCUT2D eigenvalue weighted by molar-refractivity contribution is 5.14. The first-order valence-corrected chi connectivity index (χ1v) is 4.02. The van der Waals surface area contributed by atoms with E-state index in [2.05, 4.69) is 32.3 Å². The van der Waals surface area contributed by atoms with Gasteiger partial charge in [0.25, 0.3) is 0 Å². The van der Waals surface area contributed by atoms with Crippen molar-refractivity contribution in [2.24, 2.45) is 17.8 Å². The van der Waals surface area contributed by atoms with Gasteiger partial charge in [-0.2, -0.15) is 0 Å². The minimum atomic E-state index is 0.854.